The van der Waals surface area contributed by atoms with Crippen molar-refractivity contribution >= 4 is 22.0 Å². The van der Waals surface area contributed by atoms with Crippen molar-refractivity contribution in [1.29, 1.82) is 0 Å². The van der Waals surface area contributed by atoms with Crippen LogP contribution in [0.25, 0.3) is 6.08 Å². The molecule has 0 bridgehead atoms. The molecule has 0 atom stereocenters. The Morgan fingerprint density at radius 3 is 2.38 bits per heavy atom. The van der Waals surface area contributed by atoms with Crippen LogP contribution in [0.3, 0.4) is 0 Å². The quantitative estimate of drug-likeness (QED) is 0.464. The summed E-state index contributed by atoms with van der Waals surface area (Å²) in [7, 11) is -3.98. The lowest BCUT2D eigenvalue weighted by Gasteiger charge is -2.08. The number of ketones is 1. The number of aryl methyl sites for hydroxylation is 2. The molecule has 0 fully saturated rings. The Bertz CT molecular complexity index is 1240. The van der Waals surface area contributed by atoms with E-state index in [4.69, 9.17) is 8.92 Å². The predicted octanol–water partition coefficient (Wildman–Crippen LogP) is 4.69. The third kappa shape index (κ3) is 3.79. The van der Waals surface area contributed by atoms with Crippen LogP contribution in [0.5, 0.6) is 11.5 Å². The van der Waals surface area contributed by atoms with Gasteiger partial charge in [0, 0.05) is 6.07 Å². The van der Waals surface area contributed by atoms with E-state index >= 15 is 0 Å². The Labute approximate surface area is 169 Å². The fourth-order valence-electron chi connectivity index (χ4n) is 2.99. The van der Waals surface area contributed by atoms with E-state index in [1.54, 1.807) is 18.2 Å². The van der Waals surface area contributed by atoms with Crippen molar-refractivity contribution in [3.63, 3.8) is 0 Å². The fourth-order valence-corrected chi connectivity index (χ4v) is 3.91. The second-order valence-corrected chi connectivity index (χ2v) is 8.35. The molecule has 0 aromatic heterocycles. The molecule has 0 saturated carbocycles. The number of hydrogen-bond acceptors (Lipinski definition) is 5. The molecule has 1 aliphatic rings. The van der Waals surface area contributed by atoms with Gasteiger partial charge in [0.2, 0.25) is 5.78 Å². The molecule has 1 aliphatic heterocycles. The number of allylic oxidation sites excluding steroid dienone is 1. The van der Waals surface area contributed by atoms with Gasteiger partial charge >= 0.3 is 10.1 Å². The first-order valence-corrected chi connectivity index (χ1v) is 10.4. The lowest BCUT2D eigenvalue weighted by atomic mass is 10.1. The zero-order valence-electron chi connectivity index (χ0n) is 15.9. The Hall–Kier alpha value is -3.38. The standard InChI is InChI=1S/C23H18O5S/c1-15-7-10-19(11-8-15)29(25,26)28-18-9-12-20-21(14-18)27-22(23(20)24)13-17-6-4-3-5-16(17)2/h3-14H,1-2H3. The minimum Gasteiger partial charge on any atom is -0.452 e. The summed E-state index contributed by atoms with van der Waals surface area (Å²) in [5.74, 6) is 0.282. The van der Waals surface area contributed by atoms with Gasteiger partial charge in [0.05, 0.1) is 5.56 Å². The van der Waals surface area contributed by atoms with E-state index in [1.807, 2.05) is 38.1 Å². The van der Waals surface area contributed by atoms with E-state index in [0.717, 1.165) is 16.7 Å². The average Bonchev–Trinajstić information content (AvgIpc) is 2.98. The molecule has 0 amide bonds. The summed E-state index contributed by atoms with van der Waals surface area (Å²) in [5.41, 5.74) is 3.20. The molecule has 4 rings (SSSR count). The molecule has 3 aromatic carbocycles. The van der Waals surface area contributed by atoms with Crippen LogP contribution in [0.1, 0.15) is 27.0 Å². The molecule has 3 aromatic rings. The van der Waals surface area contributed by atoms with Gasteiger partial charge in [-0.3, -0.25) is 4.79 Å². The lowest BCUT2D eigenvalue weighted by Crippen LogP contribution is -2.09. The van der Waals surface area contributed by atoms with Crippen LogP contribution < -0.4 is 8.92 Å². The van der Waals surface area contributed by atoms with Gasteiger partial charge in [-0.15, -0.1) is 0 Å². The van der Waals surface area contributed by atoms with Crippen molar-refractivity contribution in [2.45, 2.75) is 18.7 Å². The highest BCUT2D eigenvalue weighted by molar-refractivity contribution is 7.87. The summed E-state index contributed by atoms with van der Waals surface area (Å²) in [5, 5.41) is 0. The maximum atomic E-state index is 12.6. The summed E-state index contributed by atoms with van der Waals surface area (Å²) < 4.78 is 35.9. The fraction of sp³-hybridized carbons (Fsp3) is 0.0870. The van der Waals surface area contributed by atoms with E-state index in [1.165, 1.54) is 30.3 Å². The Balaban J connectivity index is 1.61. The van der Waals surface area contributed by atoms with Gasteiger partial charge in [0.1, 0.15) is 16.4 Å². The highest BCUT2D eigenvalue weighted by Crippen LogP contribution is 2.35. The Kier molecular flexibility index (Phi) is 4.72. The van der Waals surface area contributed by atoms with Gasteiger partial charge in [-0.1, -0.05) is 42.0 Å². The van der Waals surface area contributed by atoms with E-state index in [-0.39, 0.29) is 27.9 Å². The summed E-state index contributed by atoms with van der Waals surface area (Å²) in [6.45, 7) is 3.81. The van der Waals surface area contributed by atoms with Crippen LogP contribution in [0, 0.1) is 13.8 Å². The second kappa shape index (κ2) is 7.22. The number of rotatable bonds is 4. The first kappa shape index (κ1) is 19.0. The zero-order valence-corrected chi connectivity index (χ0v) is 16.7. The van der Waals surface area contributed by atoms with Crippen molar-refractivity contribution in [2.75, 3.05) is 0 Å². The van der Waals surface area contributed by atoms with Gasteiger partial charge in [-0.25, -0.2) is 0 Å². The SMILES string of the molecule is Cc1ccc(S(=O)(=O)Oc2ccc3c(c2)OC(=Cc2ccccc2C)C3=O)cc1. The molecule has 29 heavy (non-hydrogen) atoms. The normalized spacial score (nSPS) is 14.6. The number of Topliss-reactive ketones (excluding diaryl/α,β-unsaturated/α-hetero) is 1. The van der Waals surface area contributed by atoms with Gasteiger partial charge in [0.25, 0.3) is 0 Å². The maximum Gasteiger partial charge on any atom is 0.339 e. The summed E-state index contributed by atoms with van der Waals surface area (Å²) in [6.07, 6.45) is 1.68. The Morgan fingerprint density at radius 2 is 1.66 bits per heavy atom. The lowest BCUT2D eigenvalue weighted by molar-refractivity contribution is 0.101. The molecule has 0 saturated heterocycles. The predicted molar refractivity (Wildman–Crippen MR) is 110 cm³/mol. The van der Waals surface area contributed by atoms with Crippen molar-refractivity contribution in [3.8, 4) is 11.5 Å². The van der Waals surface area contributed by atoms with Crippen molar-refractivity contribution in [1.82, 2.24) is 0 Å². The van der Waals surface area contributed by atoms with Crippen LogP contribution in [-0.4, -0.2) is 14.2 Å². The van der Waals surface area contributed by atoms with Crippen LogP contribution in [0.15, 0.2) is 77.4 Å². The number of fused-ring (bicyclic) bond motifs is 1. The van der Waals surface area contributed by atoms with Crippen molar-refractivity contribution in [2.24, 2.45) is 0 Å². The number of benzene rings is 3. The summed E-state index contributed by atoms with van der Waals surface area (Å²) in [4.78, 5) is 12.7. The molecule has 0 radical (unpaired) electrons. The number of carbonyl (C=O) groups is 1. The van der Waals surface area contributed by atoms with E-state index in [0.29, 0.717) is 5.56 Å². The van der Waals surface area contributed by atoms with Crippen LogP contribution in [0.2, 0.25) is 0 Å². The number of carbonyl (C=O) groups excluding carboxylic acids is 1. The number of hydrogen-bond donors (Lipinski definition) is 0. The first-order valence-electron chi connectivity index (χ1n) is 8.98. The first-order chi connectivity index (χ1) is 13.8. The van der Waals surface area contributed by atoms with Crippen LogP contribution in [-0.2, 0) is 10.1 Å². The molecular formula is C23H18O5S. The van der Waals surface area contributed by atoms with E-state index in [2.05, 4.69) is 0 Å². The maximum absolute atomic E-state index is 12.6. The minimum atomic E-state index is -3.98. The highest BCUT2D eigenvalue weighted by Gasteiger charge is 2.28. The molecule has 5 nitrogen and oxygen atoms in total. The minimum absolute atomic E-state index is 0.0562. The third-order valence-corrected chi connectivity index (χ3v) is 5.89. The molecule has 0 unspecified atom stereocenters. The molecule has 6 heteroatoms. The van der Waals surface area contributed by atoms with Crippen molar-refractivity contribution < 1.29 is 22.1 Å². The third-order valence-electron chi connectivity index (χ3n) is 4.63. The monoisotopic (exact) mass is 406 g/mol. The van der Waals surface area contributed by atoms with Crippen LogP contribution >= 0.6 is 0 Å². The highest BCUT2D eigenvalue weighted by atomic mass is 32.2. The topological polar surface area (TPSA) is 69.7 Å². The largest absolute Gasteiger partial charge is 0.452 e. The van der Waals surface area contributed by atoms with Crippen molar-refractivity contribution in [3.05, 3.63) is 94.7 Å². The smallest absolute Gasteiger partial charge is 0.339 e. The van der Waals surface area contributed by atoms with Gasteiger partial charge in [0.15, 0.2) is 5.76 Å². The Morgan fingerprint density at radius 1 is 0.931 bits per heavy atom. The summed E-state index contributed by atoms with van der Waals surface area (Å²) in [6, 6.07) is 18.4. The molecule has 0 aliphatic carbocycles. The van der Waals surface area contributed by atoms with Gasteiger partial charge in [-0.05, 0) is 55.3 Å². The number of ether oxygens (including phenoxy) is 1. The summed E-state index contributed by atoms with van der Waals surface area (Å²) >= 11 is 0. The van der Waals surface area contributed by atoms with Gasteiger partial charge < -0.3 is 8.92 Å². The molecule has 0 N–H and O–H groups in total. The van der Waals surface area contributed by atoms with Gasteiger partial charge in [-0.2, -0.15) is 8.42 Å². The van der Waals surface area contributed by atoms with E-state index in [9.17, 15) is 13.2 Å². The second-order valence-electron chi connectivity index (χ2n) is 6.80. The van der Waals surface area contributed by atoms with E-state index < -0.39 is 10.1 Å². The van der Waals surface area contributed by atoms with Crippen LogP contribution in [0.4, 0.5) is 0 Å². The molecule has 0 spiro atoms. The molecule has 146 valence electrons. The zero-order chi connectivity index (χ0) is 20.6. The average molecular weight is 406 g/mol. The molecule has 1 heterocycles. The molecular weight excluding hydrogens is 388 g/mol.